The number of halogens is 1. The highest BCUT2D eigenvalue weighted by Gasteiger charge is 2.28. The van der Waals surface area contributed by atoms with Gasteiger partial charge >= 0.3 is 0 Å². The Morgan fingerprint density at radius 2 is 1.88 bits per heavy atom. The number of anilines is 2. The van der Waals surface area contributed by atoms with Crippen LogP contribution in [0.3, 0.4) is 0 Å². The minimum absolute atomic E-state index is 0.00125. The molecule has 1 aliphatic heterocycles. The van der Waals surface area contributed by atoms with E-state index in [1.54, 1.807) is 6.07 Å². The smallest absolute Gasteiger partial charge is 0.258 e. The normalized spacial score (nSPS) is 16.5. The van der Waals surface area contributed by atoms with Crippen molar-refractivity contribution in [1.82, 2.24) is 0 Å². The Labute approximate surface area is 148 Å². The Balaban J connectivity index is 2.04. The van der Waals surface area contributed by atoms with Gasteiger partial charge in [0.1, 0.15) is 0 Å². The van der Waals surface area contributed by atoms with E-state index in [9.17, 15) is 4.79 Å². The van der Waals surface area contributed by atoms with E-state index in [1.807, 2.05) is 24.0 Å². The van der Waals surface area contributed by atoms with Gasteiger partial charge in [-0.2, -0.15) is 0 Å². The molecule has 2 aromatic rings. The number of carbonyl (C=O) groups excluding carboxylic acids is 1. The summed E-state index contributed by atoms with van der Waals surface area (Å²) in [6, 6.07) is 10.0. The van der Waals surface area contributed by atoms with E-state index in [2.05, 4.69) is 38.2 Å². The minimum atomic E-state index is 0.00125. The van der Waals surface area contributed by atoms with Crippen molar-refractivity contribution >= 4 is 28.9 Å². The molecule has 3 nitrogen and oxygen atoms in total. The van der Waals surface area contributed by atoms with E-state index < -0.39 is 0 Å². The third-order valence-electron chi connectivity index (χ3n) is 4.82. The fraction of sp³-hybridized carbons (Fsp3) is 0.350. The van der Waals surface area contributed by atoms with Gasteiger partial charge in [-0.3, -0.25) is 4.79 Å². The molecule has 4 heteroatoms. The fourth-order valence-corrected chi connectivity index (χ4v) is 3.21. The molecular weight excluding hydrogens is 320 g/mol. The van der Waals surface area contributed by atoms with Gasteiger partial charge in [-0.1, -0.05) is 24.6 Å². The van der Waals surface area contributed by atoms with E-state index in [-0.39, 0.29) is 11.9 Å². The SMILES string of the molecule is CCC1CN(C(=O)c2ccc(C)c(Cl)c2)c2cc(C)c(C)cc2N1. The van der Waals surface area contributed by atoms with Crippen LogP contribution in [0.1, 0.15) is 40.4 Å². The lowest BCUT2D eigenvalue weighted by molar-refractivity contribution is 0.0985. The number of aryl methyl sites for hydroxylation is 3. The van der Waals surface area contributed by atoms with E-state index in [1.165, 1.54) is 11.1 Å². The lowest BCUT2D eigenvalue weighted by atomic mass is 10.0. The number of benzene rings is 2. The van der Waals surface area contributed by atoms with Crippen LogP contribution < -0.4 is 10.2 Å². The van der Waals surface area contributed by atoms with Crippen LogP contribution in [0.25, 0.3) is 0 Å². The molecule has 0 fully saturated rings. The van der Waals surface area contributed by atoms with Crippen molar-refractivity contribution in [3.8, 4) is 0 Å². The average Bonchev–Trinajstić information content (AvgIpc) is 2.57. The monoisotopic (exact) mass is 342 g/mol. The maximum atomic E-state index is 13.1. The van der Waals surface area contributed by atoms with Crippen LogP contribution in [-0.2, 0) is 0 Å². The first kappa shape index (κ1) is 16.8. The summed E-state index contributed by atoms with van der Waals surface area (Å²) in [6.45, 7) is 8.91. The standard InChI is InChI=1S/C20H23ClN2O/c1-5-16-11-23(19-9-14(4)13(3)8-18(19)22-16)20(24)15-7-6-12(2)17(21)10-15/h6-10,16,22H,5,11H2,1-4H3. The Kier molecular flexibility index (Phi) is 4.55. The Morgan fingerprint density at radius 3 is 2.54 bits per heavy atom. The maximum Gasteiger partial charge on any atom is 0.258 e. The molecule has 0 aliphatic carbocycles. The second-order valence-corrected chi connectivity index (χ2v) is 6.99. The summed E-state index contributed by atoms with van der Waals surface area (Å²) in [5.41, 5.74) is 6.00. The predicted molar refractivity (Wildman–Crippen MR) is 101 cm³/mol. The van der Waals surface area contributed by atoms with Crippen LogP contribution in [0.2, 0.25) is 5.02 Å². The van der Waals surface area contributed by atoms with Gasteiger partial charge < -0.3 is 10.2 Å². The highest BCUT2D eigenvalue weighted by Crippen LogP contribution is 2.35. The molecule has 1 atom stereocenters. The lowest BCUT2D eigenvalue weighted by Crippen LogP contribution is -2.44. The van der Waals surface area contributed by atoms with Gasteiger partial charge in [-0.25, -0.2) is 0 Å². The quantitative estimate of drug-likeness (QED) is 0.821. The zero-order valence-corrected chi connectivity index (χ0v) is 15.4. The first-order valence-electron chi connectivity index (χ1n) is 8.36. The molecule has 0 saturated heterocycles. The van der Waals surface area contributed by atoms with Crippen molar-refractivity contribution in [3.05, 3.63) is 57.6 Å². The molecule has 0 spiro atoms. The summed E-state index contributed by atoms with van der Waals surface area (Å²) >= 11 is 6.22. The minimum Gasteiger partial charge on any atom is -0.379 e. The number of fused-ring (bicyclic) bond motifs is 1. The summed E-state index contributed by atoms with van der Waals surface area (Å²) in [6.07, 6.45) is 0.963. The summed E-state index contributed by atoms with van der Waals surface area (Å²) in [4.78, 5) is 15.0. The maximum absolute atomic E-state index is 13.1. The second kappa shape index (κ2) is 6.48. The molecule has 126 valence electrons. The number of nitrogens with one attached hydrogen (secondary N) is 1. The molecule has 0 saturated carbocycles. The average molecular weight is 343 g/mol. The van der Waals surface area contributed by atoms with Crippen molar-refractivity contribution in [2.75, 3.05) is 16.8 Å². The highest BCUT2D eigenvalue weighted by atomic mass is 35.5. The third-order valence-corrected chi connectivity index (χ3v) is 5.23. The van der Waals surface area contributed by atoms with Gasteiger partial charge in [0.2, 0.25) is 0 Å². The van der Waals surface area contributed by atoms with Crippen molar-refractivity contribution in [3.63, 3.8) is 0 Å². The molecule has 1 heterocycles. The Morgan fingerprint density at radius 1 is 1.17 bits per heavy atom. The fourth-order valence-electron chi connectivity index (χ4n) is 3.03. The molecule has 0 radical (unpaired) electrons. The second-order valence-electron chi connectivity index (χ2n) is 6.58. The number of nitrogens with zero attached hydrogens (tertiary/aromatic N) is 1. The van der Waals surface area contributed by atoms with Gasteiger partial charge in [-0.15, -0.1) is 0 Å². The van der Waals surface area contributed by atoms with E-state index in [4.69, 9.17) is 11.6 Å². The molecule has 0 aromatic heterocycles. The van der Waals surface area contributed by atoms with Crippen LogP contribution in [0.4, 0.5) is 11.4 Å². The van der Waals surface area contributed by atoms with E-state index in [0.29, 0.717) is 17.1 Å². The molecule has 1 aliphatic rings. The van der Waals surface area contributed by atoms with Crippen LogP contribution in [0.5, 0.6) is 0 Å². The first-order valence-corrected chi connectivity index (χ1v) is 8.74. The van der Waals surface area contributed by atoms with Crippen molar-refractivity contribution < 1.29 is 4.79 Å². The van der Waals surface area contributed by atoms with Crippen molar-refractivity contribution in [2.45, 2.75) is 40.2 Å². The molecular formula is C20H23ClN2O. The summed E-state index contributed by atoms with van der Waals surface area (Å²) in [5, 5.41) is 4.18. The Hall–Kier alpha value is -2.00. The van der Waals surface area contributed by atoms with Gasteiger partial charge in [-0.05, 0) is 68.1 Å². The van der Waals surface area contributed by atoms with Crippen LogP contribution >= 0.6 is 11.6 Å². The van der Waals surface area contributed by atoms with E-state index in [0.717, 1.165) is 23.4 Å². The summed E-state index contributed by atoms with van der Waals surface area (Å²) < 4.78 is 0. The number of hydrogen-bond acceptors (Lipinski definition) is 2. The summed E-state index contributed by atoms with van der Waals surface area (Å²) in [5.74, 6) is 0.00125. The van der Waals surface area contributed by atoms with Gasteiger partial charge in [0, 0.05) is 23.2 Å². The summed E-state index contributed by atoms with van der Waals surface area (Å²) in [7, 11) is 0. The number of hydrogen-bond donors (Lipinski definition) is 1. The molecule has 24 heavy (non-hydrogen) atoms. The number of carbonyl (C=O) groups is 1. The van der Waals surface area contributed by atoms with Crippen LogP contribution in [-0.4, -0.2) is 18.5 Å². The van der Waals surface area contributed by atoms with Gasteiger partial charge in [0.25, 0.3) is 5.91 Å². The molecule has 1 unspecified atom stereocenters. The molecule has 1 N–H and O–H groups in total. The van der Waals surface area contributed by atoms with Gasteiger partial charge in [0.05, 0.1) is 11.4 Å². The largest absolute Gasteiger partial charge is 0.379 e. The molecule has 1 amide bonds. The Bertz CT molecular complexity index is 800. The van der Waals surface area contributed by atoms with Crippen LogP contribution in [0, 0.1) is 20.8 Å². The zero-order valence-electron chi connectivity index (χ0n) is 14.6. The van der Waals surface area contributed by atoms with Crippen molar-refractivity contribution in [1.29, 1.82) is 0 Å². The first-order chi connectivity index (χ1) is 11.4. The van der Waals surface area contributed by atoms with Crippen molar-refractivity contribution in [2.24, 2.45) is 0 Å². The van der Waals surface area contributed by atoms with Crippen LogP contribution in [0.15, 0.2) is 30.3 Å². The number of rotatable bonds is 2. The zero-order chi connectivity index (χ0) is 17.4. The highest BCUT2D eigenvalue weighted by molar-refractivity contribution is 6.31. The van der Waals surface area contributed by atoms with Gasteiger partial charge in [0.15, 0.2) is 0 Å². The topological polar surface area (TPSA) is 32.3 Å². The molecule has 0 bridgehead atoms. The number of amides is 1. The predicted octanol–water partition coefficient (Wildman–Crippen LogP) is 5.12. The molecule has 3 rings (SSSR count). The third kappa shape index (κ3) is 3.01. The molecule has 2 aromatic carbocycles. The lowest BCUT2D eigenvalue weighted by Gasteiger charge is -2.36. The van der Waals surface area contributed by atoms with E-state index >= 15 is 0 Å².